The smallest absolute Gasteiger partial charge is 0.137 e. The lowest BCUT2D eigenvalue weighted by molar-refractivity contribution is 0.406. The molecule has 0 radical (unpaired) electrons. The maximum Gasteiger partial charge on any atom is 0.137 e. The van der Waals surface area contributed by atoms with Gasteiger partial charge in [0, 0.05) is 15.4 Å². The Hall–Kier alpha value is 0.270. The van der Waals surface area contributed by atoms with Crippen LogP contribution in [-0.4, -0.2) is 7.11 Å². The van der Waals surface area contributed by atoms with Crippen molar-refractivity contribution >= 4 is 43.5 Å². The molecule has 1 atom stereocenters. The third-order valence-corrected chi connectivity index (χ3v) is 4.49. The molecule has 0 bridgehead atoms. The summed E-state index contributed by atoms with van der Waals surface area (Å²) in [5, 5.41) is 0.739. The molecule has 1 aliphatic rings. The van der Waals surface area contributed by atoms with E-state index in [2.05, 4.69) is 31.9 Å². The molecule has 1 fully saturated rings. The summed E-state index contributed by atoms with van der Waals surface area (Å²) in [7, 11) is 1.69. The van der Waals surface area contributed by atoms with Gasteiger partial charge in [0.05, 0.1) is 11.6 Å². The van der Waals surface area contributed by atoms with Crippen molar-refractivity contribution < 1.29 is 4.74 Å². The highest BCUT2D eigenvalue weighted by Crippen LogP contribution is 2.46. The Morgan fingerprint density at radius 2 is 2.19 bits per heavy atom. The van der Waals surface area contributed by atoms with Crippen molar-refractivity contribution in [1.29, 1.82) is 0 Å². The van der Waals surface area contributed by atoms with Crippen molar-refractivity contribution in [3.63, 3.8) is 0 Å². The first-order valence-corrected chi connectivity index (χ1v) is 7.37. The molecule has 1 unspecified atom stereocenters. The lowest BCUT2D eigenvalue weighted by Crippen LogP contribution is -1.97. The van der Waals surface area contributed by atoms with E-state index >= 15 is 0 Å². The summed E-state index contributed by atoms with van der Waals surface area (Å²) < 4.78 is 6.33. The molecular weight excluding hydrogens is 355 g/mol. The first-order valence-electron chi connectivity index (χ1n) is 5.28. The Balaban J connectivity index is 2.28. The molecule has 1 aliphatic carbocycles. The van der Waals surface area contributed by atoms with Gasteiger partial charge in [0.25, 0.3) is 0 Å². The second-order valence-corrected chi connectivity index (χ2v) is 6.55. The van der Waals surface area contributed by atoms with E-state index in [0.717, 1.165) is 33.1 Å². The van der Waals surface area contributed by atoms with Crippen LogP contribution in [0.15, 0.2) is 16.6 Å². The van der Waals surface area contributed by atoms with E-state index in [4.69, 9.17) is 16.3 Å². The molecule has 1 aromatic carbocycles. The number of benzene rings is 1. The zero-order valence-corrected chi connectivity index (χ0v) is 12.9. The van der Waals surface area contributed by atoms with Crippen LogP contribution in [0.4, 0.5) is 0 Å². The SMILES string of the molecule is COc1c(Br)cc(Cl)cc1C(Br)CC1CC1. The van der Waals surface area contributed by atoms with Gasteiger partial charge in [-0.15, -0.1) is 0 Å². The topological polar surface area (TPSA) is 9.23 Å². The van der Waals surface area contributed by atoms with Gasteiger partial charge in [-0.2, -0.15) is 0 Å². The molecule has 0 spiro atoms. The van der Waals surface area contributed by atoms with E-state index in [9.17, 15) is 0 Å². The lowest BCUT2D eigenvalue weighted by atomic mass is 10.1. The molecule has 0 aromatic heterocycles. The van der Waals surface area contributed by atoms with Crippen LogP contribution < -0.4 is 4.74 Å². The highest BCUT2D eigenvalue weighted by molar-refractivity contribution is 9.10. The van der Waals surface area contributed by atoms with Crippen molar-refractivity contribution in [1.82, 2.24) is 0 Å². The van der Waals surface area contributed by atoms with Crippen LogP contribution in [0.1, 0.15) is 29.7 Å². The second-order valence-electron chi connectivity index (χ2n) is 4.16. The normalized spacial score (nSPS) is 17.2. The number of hydrogen-bond donors (Lipinski definition) is 0. The van der Waals surface area contributed by atoms with Gasteiger partial charge in [-0.1, -0.05) is 40.4 Å². The van der Waals surface area contributed by atoms with Gasteiger partial charge in [0.15, 0.2) is 0 Å². The Morgan fingerprint density at radius 1 is 1.50 bits per heavy atom. The van der Waals surface area contributed by atoms with Crippen LogP contribution in [0.3, 0.4) is 0 Å². The molecule has 2 rings (SSSR count). The Kier molecular flexibility index (Phi) is 4.20. The molecule has 0 saturated heterocycles. The highest BCUT2D eigenvalue weighted by Gasteiger charge is 2.27. The minimum Gasteiger partial charge on any atom is -0.495 e. The van der Waals surface area contributed by atoms with Crippen molar-refractivity contribution in [2.45, 2.75) is 24.1 Å². The largest absolute Gasteiger partial charge is 0.495 e. The molecule has 0 N–H and O–H groups in total. The standard InChI is InChI=1S/C12H13Br2ClO/c1-16-12-9(5-8(15)6-11(12)14)10(13)4-7-2-3-7/h5-7,10H,2-4H2,1H3. The van der Waals surface area contributed by atoms with Crippen LogP contribution in [0.25, 0.3) is 0 Å². The van der Waals surface area contributed by atoms with Crippen molar-refractivity contribution in [3.8, 4) is 5.75 Å². The molecule has 1 saturated carbocycles. The van der Waals surface area contributed by atoms with E-state index in [0.29, 0.717) is 4.83 Å². The fraction of sp³-hybridized carbons (Fsp3) is 0.500. The Morgan fingerprint density at radius 3 is 2.75 bits per heavy atom. The summed E-state index contributed by atoms with van der Waals surface area (Å²) >= 11 is 13.3. The van der Waals surface area contributed by atoms with E-state index in [-0.39, 0.29) is 0 Å². The van der Waals surface area contributed by atoms with Crippen LogP contribution >= 0.6 is 43.5 Å². The predicted octanol–water partition coefficient (Wildman–Crippen LogP) is 5.35. The maximum absolute atomic E-state index is 6.07. The fourth-order valence-electron chi connectivity index (χ4n) is 1.80. The van der Waals surface area contributed by atoms with Gasteiger partial charge in [-0.25, -0.2) is 0 Å². The van der Waals surface area contributed by atoms with Crippen molar-refractivity contribution in [3.05, 3.63) is 27.2 Å². The number of alkyl halides is 1. The minimum atomic E-state index is 0.324. The van der Waals surface area contributed by atoms with Gasteiger partial charge in [0.2, 0.25) is 0 Å². The van der Waals surface area contributed by atoms with E-state index in [1.807, 2.05) is 12.1 Å². The fourth-order valence-corrected chi connectivity index (χ4v) is 3.67. The molecule has 0 amide bonds. The third-order valence-electron chi connectivity index (χ3n) is 2.82. The Bertz CT molecular complexity index is 391. The average molecular weight is 368 g/mol. The quantitative estimate of drug-likeness (QED) is 0.651. The Labute approximate surface area is 118 Å². The summed E-state index contributed by atoms with van der Waals surface area (Å²) in [5.41, 5.74) is 1.13. The molecule has 0 heterocycles. The van der Waals surface area contributed by atoms with Crippen LogP contribution in [0.2, 0.25) is 5.02 Å². The number of hydrogen-bond acceptors (Lipinski definition) is 1. The van der Waals surface area contributed by atoms with Crippen molar-refractivity contribution in [2.24, 2.45) is 5.92 Å². The molecule has 1 nitrogen and oxygen atoms in total. The summed E-state index contributed by atoms with van der Waals surface area (Å²) in [5.74, 6) is 1.75. The summed E-state index contributed by atoms with van der Waals surface area (Å²) in [4.78, 5) is 0.324. The summed E-state index contributed by atoms with van der Waals surface area (Å²) in [6, 6.07) is 3.84. The van der Waals surface area contributed by atoms with Gasteiger partial charge < -0.3 is 4.74 Å². The lowest BCUT2D eigenvalue weighted by Gasteiger charge is -2.16. The third kappa shape index (κ3) is 2.93. The zero-order valence-electron chi connectivity index (χ0n) is 8.97. The van der Waals surface area contributed by atoms with E-state index < -0.39 is 0 Å². The molecule has 16 heavy (non-hydrogen) atoms. The van der Waals surface area contributed by atoms with Crippen LogP contribution in [-0.2, 0) is 0 Å². The maximum atomic E-state index is 6.07. The van der Waals surface area contributed by atoms with Crippen molar-refractivity contribution in [2.75, 3.05) is 7.11 Å². The zero-order chi connectivity index (χ0) is 11.7. The van der Waals surface area contributed by atoms with Gasteiger partial charge >= 0.3 is 0 Å². The first kappa shape index (κ1) is 12.7. The van der Waals surface area contributed by atoms with Crippen LogP contribution in [0.5, 0.6) is 5.75 Å². The monoisotopic (exact) mass is 366 g/mol. The number of methoxy groups -OCH3 is 1. The first-order chi connectivity index (χ1) is 7.61. The highest BCUT2D eigenvalue weighted by atomic mass is 79.9. The minimum absolute atomic E-state index is 0.324. The summed E-state index contributed by atoms with van der Waals surface area (Å²) in [6.07, 6.45) is 3.86. The summed E-state index contributed by atoms with van der Waals surface area (Å²) in [6.45, 7) is 0. The van der Waals surface area contributed by atoms with E-state index in [1.165, 1.54) is 12.8 Å². The number of halogens is 3. The number of rotatable bonds is 4. The molecule has 0 aliphatic heterocycles. The molecular formula is C12H13Br2ClO. The van der Waals surface area contributed by atoms with Gasteiger partial charge in [-0.05, 0) is 40.4 Å². The molecule has 4 heteroatoms. The van der Waals surface area contributed by atoms with E-state index in [1.54, 1.807) is 7.11 Å². The second kappa shape index (κ2) is 5.28. The molecule has 1 aromatic rings. The van der Waals surface area contributed by atoms with Gasteiger partial charge in [0.1, 0.15) is 5.75 Å². The molecule has 88 valence electrons. The number of ether oxygens (including phenoxy) is 1. The van der Waals surface area contributed by atoms with Gasteiger partial charge in [-0.3, -0.25) is 0 Å². The average Bonchev–Trinajstić information content (AvgIpc) is 3.00. The van der Waals surface area contributed by atoms with Crippen LogP contribution in [0, 0.1) is 5.92 Å². The predicted molar refractivity (Wildman–Crippen MR) is 74.7 cm³/mol.